The summed E-state index contributed by atoms with van der Waals surface area (Å²) in [6.07, 6.45) is 1.24. The molecule has 0 saturated carbocycles. The highest BCUT2D eigenvalue weighted by Crippen LogP contribution is 2.32. The molecular weight excluding hydrogens is 218 g/mol. The van der Waals surface area contributed by atoms with Crippen LogP contribution < -0.4 is 10.1 Å². The summed E-state index contributed by atoms with van der Waals surface area (Å²) in [5.41, 5.74) is 2.35. The number of hydrogen-bond acceptors (Lipinski definition) is 3. The first kappa shape index (κ1) is 11.6. The summed E-state index contributed by atoms with van der Waals surface area (Å²) < 4.78 is 5.40. The molecule has 0 aliphatic carbocycles. The quantitative estimate of drug-likeness (QED) is 0.871. The topological polar surface area (TPSA) is 21.3 Å². The van der Waals surface area contributed by atoms with E-state index in [0.717, 1.165) is 11.4 Å². The summed E-state index contributed by atoms with van der Waals surface area (Å²) in [5.74, 6) is 2.21. The highest BCUT2D eigenvalue weighted by molar-refractivity contribution is 8.00. The molecule has 2 atom stereocenters. The fraction of sp³-hybridized carbons (Fsp3) is 0.538. The van der Waals surface area contributed by atoms with Crippen LogP contribution in [0.3, 0.4) is 0 Å². The molecule has 1 N–H and O–H groups in total. The first-order valence-electron chi connectivity index (χ1n) is 5.73. The number of benzene rings is 1. The molecule has 0 amide bonds. The molecule has 2 rings (SSSR count). The summed E-state index contributed by atoms with van der Waals surface area (Å²) >= 11 is 2.04. The van der Waals surface area contributed by atoms with Crippen LogP contribution in [0.25, 0.3) is 0 Å². The van der Waals surface area contributed by atoms with Gasteiger partial charge in [-0.2, -0.15) is 11.8 Å². The van der Waals surface area contributed by atoms with Gasteiger partial charge in [-0.05, 0) is 36.8 Å². The van der Waals surface area contributed by atoms with Gasteiger partial charge in [0.1, 0.15) is 5.75 Å². The second-order valence-electron chi connectivity index (χ2n) is 4.32. The maximum atomic E-state index is 5.40. The van der Waals surface area contributed by atoms with E-state index in [0.29, 0.717) is 11.3 Å². The minimum absolute atomic E-state index is 0.571. The molecule has 0 spiro atoms. The predicted molar refractivity (Wildman–Crippen MR) is 71.7 cm³/mol. The van der Waals surface area contributed by atoms with Crippen LogP contribution in [0.2, 0.25) is 0 Å². The SMILES string of the molecule is COc1cc(C)ccc1NC1CCSC1C. The molecule has 0 bridgehead atoms. The molecular formula is C13H19NOS. The normalized spacial score (nSPS) is 24.4. The number of aryl methyl sites for hydroxylation is 1. The van der Waals surface area contributed by atoms with Crippen molar-refractivity contribution >= 4 is 17.4 Å². The van der Waals surface area contributed by atoms with Crippen molar-refractivity contribution in [3.8, 4) is 5.75 Å². The fourth-order valence-corrected chi connectivity index (χ4v) is 3.24. The monoisotopic (exact) mass is 237 g/mol. The van der Waals surface area contributed by atoms with Crippen molar-refractivity contribution < 1.29 is 4.74 Å². The minimum Gasteiger partial charge on any atom is -0.495 e. The molecule has 3 heteroatoms. The van der Waals surface area contributed by atoms with Gasteiger partial charge < -0.3 is 10.1 Å². The molecule has 16 heavy (non-hydrogen) atoms. The zero-order valence-corrected chi connectivity index (χ0v) is 10.9. The van der Waals surface area contributed by atoms with Crippen molar-refractivity contribution in [2.24, 2.45) is 0 Å². The Morgan fingerprint density at radius 1 is 1.44 bits per heavy atom. The Bertz CT molecular complexity index is 367. The predicted octanol–water partition coefficient (Wildman–Crippen LogP) is 3.31. The van der Waals surface area contributed by atoms with E-state index in [4.69, 9.17) is 4.74 Å². The summed E-state index contributed by atoms with van der Waals surface area (Å²) in [6, 6.07) is 6.89. The number of anilines is 1. The van der Waals surface area contributed by atoms with Crippen molar-refractivity contribution in [3.05, 3.63) is 23.8 Å². The van der Waals surface area contributed by atoms with Gasteiger partial charge in [0.15, 0.2) is 0 Å². The smallest absolute Gasteiger partial charge is 0.142 e. The Kier molecular flexibility index (Phi) is 3.64. The van der Waals surface area contributed by atoms with Gasteiger partial charge in [-0.25, -0.2) is 0 Å². The summed E-state index contributed by atoms with van der Waals surface area (Å²) in [4.78, 5) is 0. The Hall–Kier alpha value is -0.830. The molecule has 2 nitrogen and oxygen atoms in total. The van der Waals surface area contributed by atoms with Gasteiger partial charge in [-0.15, -0.1) is 0 Å². The van der Waals surface area contributed by atoms with E-state index >= 15 is 0 Å². The van der Waals surface area contributed by atoms with Crippen LogP contribution in [0, 0.1) is 6.92 Å². The third-order valence-corrected chi connectivity index (χ3v) is 4.40. The summed E-state index contributed by atoms with van der Waals surface area (Å²) in [5, 5.41) is 4.28. The van der Waals surface area contributed by atoms with Gasteiger partial charge in [0.2, 0.25) is 0 Å². The lowest BCUT2D eigenvalue weighted by Crippen LogP contribution is -2.24. The highest BCUT2D eigenvalue weighted by atomic mass is 32.2. The van der Waals surface area contributed by atoms with Crippen molar-refractivity contribution in [1.82, 2.24) is 0 Å². The lowest BCUT2D eigenvalue weighted by molar-refractivity contribution is 0.415. The first-order valence-corrected chi connectivity index (χ1v) is 6.78. The lowest BCUT2D eigenvalue weighted by atomic mass is 10.1. The average molecular weight is 237 g/mol. The van der Waals surface area contributed by atoms with E-state index in [1.807, 2.05) is 11.8 Å². The van der Waals surface area contributed by atoms with Gasteiger partial charge in [0.05, 0.1) is 12.8 Å². The number of hydrogen-bond donors (Lipinski definition) is 1. The van der Waals surface area contributed by atoms with Gasteiger partial charge in [-0.1, -0.05) is 13.0 Å². The minimum atomic E-state index is 0.571. The third kappa shape index (κ3) is 2.46. The van der Waals surface area contributed by atoms with E-state index in [-0.39, 0.29) is 0 Å². The highest BCUT2D eigenvalue weighted by Gasteiger charge is 2.24. The van der Waals surface area contributed by atoms with Crippen LogP contribution in [0.1, 0.15) is 18.9 Å². The molecule has 1 aromatic rings. The standard InChI is InChI=1S/C13H19NOS/c1-9-4-5-12(13(8-9)15-3)14-11-6-7-16-10(11)2/h4-5,8,10-11,14H,6-7H2,1-3H3. The van der Waals surface area contributed by atoms with Crippen LogP contribution in [0.4, 0.5) is 5.69 Å². The number of nitrogens with one attached hydrogen (secondary N) is 1. The van der Waals surface area contributed by atoms with E-state index in [9.17, 15) is 0 Å². The maximum Gasteiger partial charge on any atom is 0.142 e. The zero-order valence-electron chi connectivity index (χ0n) is 10.1. The maximum absolute atomic E-state index is 5.40. The third-order valence-electron chi connectivity index (χ3n) is 3.07. The summed E-state index contributed by atoms with van der Waals surface area (Å²) in [6.45, 7) is 4.37. The second kappa shape index (κ2) is 5.00. The molecule has 88 valence electrons. The zero-order chi connectivity index (χ0) is 11.5. The molecule has 1 fully saturated rings. The van der Waals surface area contributed by atoms with E-state index in [1.165, 1.54) is 17.7 Å². The van der Waals surface area contributed by atoms with Gasteiger partial charge >= 0.3 is 0 Å². The second-order valence-corrected chi connectivity index (χ2v) is 5.80. The van der Waals surface area contributed by atoms with Crippen LogP contribution in [0.15, 0.2) is 18.2 Å². The lowest BCUT2D eigenvalue weighted by Gasteiger charge is -2.20. The van der Waals surface area contributed by atoms with Crippen LogP contribution in [0.5, 0.6) is 5.75 Å². The van der Waals surface area contributed by atoms with Crippen molar-refractivity contribution in [2.75, 3.05) is 18.2 Å². The van der Waals surface area contributed by atoms with E-state index in [2.05, 4.69) is 37.4 Å². The molecule has 1 aromatic carbocycles. The first-order chi connectivity index (χ1) is 7.70. The van der Waals surface area contributed by atoms with E-state index < -0.39 is 0 Å². The molecule has 2 unspecified atom stereocenters. The Morgan fingerprint density at radius 2 is 2.25 bits per heavy atom. The average Bonchev–Trinajstić information content (AvgIpc) is 2.67. The molecule has 1 aliphatic heterocycles. The molecule has 1 aliphatic rings. The Labute approximate surface area is 102 Å². The van der Waals surface area contributed by atoms with Crippen molar-refractivity contribution in [3.63, 3.8) is 0 Å². The van der Waals surface area contributed by atoms with Crippen LogP contribution >= 0.6 is 11.8 Å². The Balaban J connectivity index is 2.14. The fourth-order valence-electron chi connectivity index (χ4n) is 2.04. The molecule has 1 heterocycles. The number of thioether (sulfide) groups is 1. The Morgan fingerprint density at radius 3 is 2.88 bits per heavy atom. The summed E-state index contributed by atoms with van der Waals surface area (Å²) in [7, 11) is 1.73. The van der Waals surface area contributed by atoms with Crippen LogP contribution in [-0.4, -0.2) is 24.2 Å². The largest absolute Gasteiger partial charge is 0.495 e. The van der Waals surface area contributed by atoms with Crippen LogP contribution in [-0.2, 0) is 0 Å². The van der Waals surface area contributed by atoms with Gasteiger partial charge in [0, 0.05) is 11.3 Å². The molecule has 0 radical (unpaired) electrons. The number of ether oxygens (including phenoxy) is 1. The molecule has 1 saturated heterocycles. The molecule has 0 aromatic heterocycles. The number of rotatable bonds is 3. The van der Waals surface area contributed by atoms with Crippen molar-refractivity contribution in [2.45, 2.75) is 31.6 Å². The van der Waals surface area contributed by atoms with Gasteiger partial charge in [-0.3, -0.25) is 0 Å². The van der Waals surface area contributed by atoms with E-state index in [1.54, 1.807) is 7.11 Å². The van der Waals surface area contributed by atoms with Crippen molar-refractivity contribution in [1.29, 1.82) is 0 Å². The number of methoxy groups -OCH3 is 1. The van der Waals surface area contributed by atoms with Gasteiger partial charge in [0.25, 0.3) is 0 Å².